The molecule has 0 aromatic heterocycles. The van der Waals surface area contributed by atoms with Crippen LogP contribution in [0.5, 0.6) is 5.75 Å². The summed E-state index contributed by atoms with van der Waals surface area (Å²) < 4.78 is 5.21. The Labute approximate surface area is 129 Å². The number of methoxy groups -OCH3 is 1. The topological polar surface area (TPSA) is 53.9 Å². The SMILES string of the molecule is COc1cccc(NC2=NCC(=O)N2c2cccc(C)c2)c1. The maximum Gasteiger partial charge on any atom is 0.255 e. The van der Waals surface area contributed by atoms with E-state index < -0.39 is 0 Å². The zero-order valence-corrected chi connectivity index (χ0v) is 12.5. The lowest BCUT2D eigenvalue weighted by Crippen LogP contribution is -2.36. The van der Waals surface area contributed by atoms with Gasteiger partial charge < -0.3 is 10.1 Å². The molecule has 1 heterocycles. The number of benzene rings is 2. The summed E-state index contributed by atoms with van der Waals surface area (Å²) in [5.41, 5.74) is 2.74. The number of aliphatic imine (C=N–C) groups is 1. The summed E-state index contributed by atoms with van der Waals surface area (Å²) in [7, 11) is 1.62. The smallest absolute Gasteiger partial charge is 0.255 e. The number of ether oxygens (including phenoxy) is 1. The van der Waals surface area contributed by atoms with Crippen molar-refractivity contribution in [2.45, 2.75) is 6.92 Å². The first-order chi connectivity index (χ1) is 10.7. The van der Waals surface area contributed by atoms with Gasteiger partial charge in [-0.3, -0.25) is 4.79 Å². The third-order valence-electron chi connectivity index (χ3n) is 3.41. The van der Waals surface area contributed by atoms with Crippen molar-refractivity contribution in [3.05, 3.63) is 54.1 Å². The van der Waals surface area contributed by atoms with E-state index in [0.717, 1.165) is 22.7 Å². The molecular formula is C17H17N3O2. The minimum Gasteiger partial charge on any atom is -0.497 e. The molecule has 1 aliphatic rings. The molecule has 112 valence electrons. The van der Waals surface area contributed by atoms with Crippen molar-refractivity contribution in [2.24, 2.45) is 4.99 Å². The largest absolute Gasteiger partial charge is 0.497 e. The first-order valence-electron chi connectivity index (χ1n) is 7.02. The summed E-state index contributed by atoms with van der Waals surface area (Å²) >= 11 is 0. The van der Waals surface area contributed by atoms with Crippen molar-refractivity contribution in [2.75, 3.05) is 23.9 Å². The number of aryl methyl sites for hydroxylation is 1. The Bertz CT molecular complexity index is 740. The molecule has 22 heavy (non-hydrogen) atoms. The Morgan fingerprint density at radius 1 is 1.18 bits per heavy atom. The van der Waals surface area contributed by atoms with Gasteiger partial charge in [-0.15, -0.1) is 0 Å². The molecule has 0 spiro atoms. The van der Waals surface area contributed by atoms with Crippen LogP contribution in [-0.2, 0) is 4.79 Å². The van der Waals surface area contributed by atoms with E-state index in [-0.39, 0.29) is 12.5 Å². The number of nitrogens with one attached hydrogen (secondary N) is 1. The van der Waals surface area contributed by atoms with Gasteiger partial charge in [-0.2, -0.15) is 0 Å². The molecule has 0 saturated heterocycles. The molecule has 1 aliphatic heterocycles. The minimum absolute atomic E-state index is 0.0454. The summed E-state index contributed by atoms with van der Waals surface area (Å²) in [6.45, 7) is 2.15. The highest BCUT2D eigenvalue weighted by atomic mass is 16.5. The van der Waals surface area contributed by atoms with Gasteiger partial charge in [-0.05, 0) is 36.8 Å². The van der Waals surface area contributed by atoms with Gasteiger partial charge in [-0.25, -0.2) is 9.89 Å². The van der Waals surface area contributed by atoms with E-state index >= 15 is 0 Å². The lowest BCUT2D eigenvalue weighted by atomic mass is 10.2. The van der Waals surface area contributed by atoms with E-state index in [1.165, 1.54) is 0 Å². The van der Waals surface area contributed by atoms with Crippen LogP contribution >= 0.6 is 0 Å². The van der Waals surface area contributed by atoms with Crippen molar-refractivity contribution in [3.8, 4) is 5.75 Å². The van der Waals surface area contributed by atoms with Gasteiger partial charge in [0.25, 0.3) is 5.91 Å². The molecule has 1 N–H and O–H groups in total. The Balaban J connectivity index is 1.87. The Morgan fingerprint density at radius 3 is 2.77 bits per heavy atom. The first-order valence-corrected chi connectivity index (χ1v) is 7.02. The van der Waals surface area contributed by atoms with Crippen molar-refractivity contribution >= 4 is 23.2 Å². The van der Waals surface area contributed by atoms with E-state index in [0.29, 0.717) is 5.96 Å². The molecule has 2 aromatic rings. The third-order valence-corrected chi connectivity index (χ3v) is 3.41. The average Bonchev–Trinajstić information content (AvgIpc) is 2.88. The summed E-state index contributed by atoms with van der Waals surface area (Å²) in [6.07, 6.45) is 0. The molecule has 0 unspecified atom stereocenters. The second-order valence-corrected chi connectivity index (χ2v) is 5.06. The molecule has 0 bridgehead atoms. The summed E-state index contributed by atoms with van der Waals surface area (Å²) in [5, 5.41) is 3.19. The standard InChI is InChI=1S/C17H17N3O2/c1-12-5-3-7-14(9-12)20-16(21)11-18-17(20)19-13-6-4-8-15(10-13)22-2/h3-10H,11H2,1-2H3,(H,18,19). The molecule has 0 radical (unpaired) electrons. The number of carbonyl (C=O) groups is 1. The highest BCUT2D eigenvalue weighted by molar-refractivity contribution is 6.24. The predicted molar refractivity (Wildman–Crippen MR) is 87.6 cm³/mol. The number of hydrogen-bond donors (Lipinski definition) is 1. The van der Waals surface area contributed by atoms with Crippen molar-refractivity contribution in [3.63, 3.8) is 0 Å². The summed E-state index contributed by atoms with van der Waals surface area (Å²) in [5.74, 6) is 1.23. The fourth-order valence-corrected chi connectivity index (χ4v) is 2.36. The van der Waals surface area contributed by atoms with Crippen LogP contribution in [0.4, 0.5) is 11.4 Å². The van der Waals surface area contributed by atoms with Gasteiger partial charge in [0.05, 0.1) is 12.8 Å². The fraction of sp³-hybridized carbons (Fsp3) is 0.176. The second-order valence-electron chi connectivity index (χ2n) is 5.06. The van der Waals surface area contributed by atoms with Gasteiger partial charge in [0.1, 0.15) is 12.3 Å². The zero-order valence-electron chi connectivity index (χ0n) is 12.5. The molecule has 0 saturated carbocycles. The zero-order chi connectivity index (χ0) is 15.5. The highest BCUT2D eigenvalue weighted by Crippen LogP contribution is 2.22. The normalized spacial score (nSPS) is 14.0. The molecule has 5 nitrogen and oxygen atoms in total. The number of hydrogen-bond acceptors (Lipinski definition) is 4. The maximum atomic E-state index is 12.2. The number of rotatable bonds is 3. The molecule has 3 rings (SSSR count). The van der Waals surface area contributed by atoms with Crippen LogP contribution in [0.15, 0.2) is 53.5 Å². The van der Waals surface area contributed by atoms with E-state index in [2.05, 4.69) is 10.3 Å². The van der Waals surface area contributed by atoms with Crippen LogP contribution in [0.25, 0.3) is 0 Å². The fourth-order valence-electron chi connectivity index (χ4n) is 2.36. The van der Waals surface area contributed by atoms with Gasteiger partial charge in [-0.1, -0.05) is 18.2 Å². The molecule has 0 fully saturated rings. The summed E-state index contributed by atoms with van der Waals surface area (Å²) in [4.78, 5) is 18.1. The van der Waals surface area contributed by atoms with E-state index in [9.17, 15) is 4.79 Å². The lowest BCUT2D eigenvalue weighted by Gasteiger charge is -2.20. The second kappa shape index (κ2) is 5.89. The lowest BCUT2D eigenvalue weighted by molar-refractivity contribution is -0.115. The van der Waals surface area contributed by atoms with E-state index in [1.807, 2.05) is 55.5 Å². The molecule has 0 aliphatic carbocycles. The Morgan fingerprint density at radius 2 is 2.00 bits per heavy atom. The third kappa shape index (κ3) is 2.79. The molecule has 1 amide bonds. The van der Waals surface area contributed by atoms with Crippen LogP contribution in [0.2, 0.25) is 0 Å². The molecule has 0 atom stereocenters. The molecule has 5 heteroatoms. The quantitative estimate of drug-likeness (QED) is 0.947. The van der Waals surface area contributed by atoms with Gasteiger partial charge in [0, 0.05) is 11.8 Å². The predicted octanol–water partition coefficient (Wildman–Crippen LogP) is 2.82. The minimum atomic E-state index is -0.0454. The van der Waals surface area contributed by atoms with Crippen LogP contribution in [0, 0.1) is 6.92 Å². The average molecular weight is 295 g/mol. The van der Waals surface area contributed by atoms with Crippen LogP contribution in [0.1, 0.15) is 5.56 Å². The summed E-state index contributed by atoms with van der Waals surface area (Å²) in [6, 6.07) is 15.3. The number of carbonyl (C=O) groups excluding carboxylic acids is 1. The van der Waals surface area contributed by atoms with E-state index in [4.69, 9.17) is 4.74 Å². The number of anilines is 2. The number of amides is 1. The molecular weight excluding hydrogens is 278 g/mol. The van der Waals surface area contributed by atoms with E-state index in [1.54, 1.807) is 12.0 Å². The highest BCUT2D eigenvalue weighted by Gasteiger charge is 2.27. The first kappa shape index (κ1) is 14.1. The van der Waals surface area contributed by atoms with Crippen molar-refractivity contribution in [1.82, 2.24) is 0 Å². The Hall–Kier alpha value is -2.82. The maximum absolute atomic E-state index is 12.2. The van der Waals surface area contributed by atoms with Crippen LogP contribution < -0.4 is 15.0 Å². The van der Waals surface area contributed by atoms with Gasteiger partial charge in [0.2, 0.25) is 5.96 Å². The van der Waals surface area contributed by atoms with Crippen molar-refractivity contribution < 1.29 is 9.53 Å². The Kier molecular flexibility index (Phi) is 3.78. The van der Waals surface area contributed by atoms with Crippen LogP contribution in [-0.4, -0.2) is 25.5 Å². The van der Waals surface area contributed by atoms with Gasteiger partial charge >= 0.3 is 0 Å². The monoisotopic (exact) mass is 295 g/mol. The van der Waals surface area contributed by atoms with Crippen molar-refractivity contribution in [1.29, 1.82) is 0 Å². The number of nitrogens with zero attached hydrogens (tertiary/aromatic N) is 2. The van der Waals surface area contributed by atoms with Gasteiger partial charge in [0.15, 0.2) is 0 Å². The van der Waals surface area contributed by atoms with Crippen LogP contribution in [0.3, 0.4) is 0 Å². The molecule has 2 aromatic carbocycles. The number of guanidine groups is 1.